The molecule has 0 fully saturated rings. The second-order valence-corrected chi connectivity index (χ2v) is 7.32. The standard InChI is InChI=1S/C21H19N5OS/c1-3-18-14(2)24-21-22-13-23-26(21)20(18)28-17-11-9-16(10-12-17)25-19(27)15-7-5-4-6-8-15/h4-13H,3H2,1-2H3,(H,25,27). The summed E-state index contributed by atoms with van der Waals surface area (Å²) < 4.78 is 1.78. The fourth-order valence-corrected chi connectivity index (χ4v) is 4.10. The van der Waals surface area contributed by atoms with Gasteiger partial charge in [-0.15, -0.1) is 0 Å². The molecule has 0 saturated heterocycles. The molecule has 1 amide bonds. The number of hydrogen-bond donors (Lipinski definition) is 1. The lowest BCUT2D eigenvalue weighted by Crippen LogP contribution is -2.11. The van der Waals surface area contributed by atoms with Gasteiger partial charge in [-0.1, -0.05) is 36.9 Å². The molecule has 0 saturated carbocycles. The molecule has 4 aromatic rings. The van der Waals surface area contributed by atoms with Crippen LogP contribution in [0.5, 0.6) is 0 Å². The number of nitrogens with one attached hydrogen (secondary N) is 1. The summed E-state index contributed by atoms with van der Waals surface area (Å²) in [5.74, 6) is 0.479. The molecule has 4 rings (SSSR count). The molecule has 140 valence electrons. The molecular weight excluding hydrogens is 370 g/mol. The first-order chi connectivity index (χ1) is 13.7. The van der Waals surface area contributed by atoms with Crippen molar-refractivity contribution in [3.8, 4) is 0 Å². The van der Waals surface area contributed by atoms with Crippen molar-refractivity contribution in [2.75, 3.05) is 5.32 Å². The first-order valence-corrected chi connectivity index (χ1v) is 9.81. The summed E-state index contributed by atoms with van der Waals surface area (Å²) in [5.41, 5.74) is 3.52. The number of amides is 1. The maximum absolute atomic E-state index is 12.3. The third-order valence-electron chi connectivity index (χ3n) is 4.40. The number of carbonyl (C=O) groups excluding carboxylic acids is 1. The van der Waals surface area contributed by atoms with E-state index in [9.17, 15) is 4.79 Å². The van der Waals surface area contributed by atoms with Crippen molar-refractivity contribution in [2.45, 2.75) is 30.2 Å². The number of aromatic nitrogens is 4. The minimum Gasteiger partial charge on any atom is -0.322 e. The van der Waals surface area contributed by atoms with Gasteiger partial charge < -0.3 is 5.32 Å². The molecule has 0 spiro atoms. The topological polar surface area (TPSA) is 72.2 Å². The normalized spacial score (nSPS) is 10.9. The fraction of sp³-hybridized carbons (Fsp3) is 0.143. The second kappa shape index (κ2) is 7.82. The zero-order valence-electron chi connectivity index (χ0n) is 15.6. The molecule has 2 aromatic carbocycles. The summed E-state index contributed by atoms with van der Waals surface area (Å²) in [4.78, 5) is 22.1. The Morgan fingerprint density at radius 1 is 1.11 bits per heavy atom. The van der Waals surface area contributed by atoms with Crippen LogP contribution in [0.25, 0.3) is 5.78 Å². The highest BCUT2D eigenvalue weighted by Crippen LogP contribution is 2.32. The Balaban J connectivity index is 1.56. The largest absolute Gasteiger partial charge is 0.322 e. The molecule has 0 unspecified atom stereocenters. The molecule has 0 aliphatic carbocycles. The highest BCUT2D eigenvalue weighted by atomic mass is 32.2. The summed E-state index contributed by atoms with van der Waals surface area (Å²) in [6.07, 6.45) is 2.38. The molecule has 0 aliphatic heterocycles. The van der Waals surface area contributed by atoms with E-state index in [1.165, 1.54) is 6.33 Å². The van der Waals surface area contributed by atoms with E-state index in [1.807, 2.05) is 49.4 Å². The maximum Gasteiger partial charge on any atom is 0.255 e. The minimum absolute atomic E-state index is 0.122. The van der Waals surface area contributed by atoms with Crippen molar-refractivity contribution in [3.63, 3.8) is 0 Å². The van der Waals surface area contributed by atoms with E-state index in [-0.39, 0.29) is 5.91 Å². The smallest absolute Gasteiger partial charge is 0.255 e. The van der Waals surface area contributed by atoms with Gasteiger partial charge in [0.15, 0.2) is 0 Å². The summed E-state index contributed by atoms with van der Waals surface area (Å²) >= 11 is 1.62. The Morgan fingerprint density at radius 3 is 2.57 bits per heavy atom. The molecule has 28 heavy (non-hydrogen) atoms. The molecule has 1 N–H and O–H groups in total. The van der Waals surface area contributed by atoms with E-state index >= 15 is 0 Å². The number of anilines is 1. The molecule has 7 heteroatoms. The first-order valence-electron chi connectivity index (χ1n) is 8.99. The number of benzene rings is 2. The molecular formula is C21H19N5OS. The van der Waals surface area contributed by atoms with Gasteiger partial charge in [0.25, 0.3) is 11.7 Å². The van der Waals surface area contributed by atoms with Gasteiger partial charge in [0, 0.05) is 27.4 Å². The van der Waals surface area contributed by atoms with Gasteiger partial charge in [-0.3, -0.25) is 4.79 Å². The monoisotopic (exact) mass is 389 g/mol. The van der Waals surface area contributed by atoms with Crippen molar-refractivity contribution in [1.82, 2.24) is 19.6 Å². The van der Waals surface area contributed by atoms with Crippen LogP contribution in [0.1, 0.15) is 28.5 Å². The van der Waals surface area contributed by atoms with Crippen molar-refractivity contribution >= 4 is 29.1 Å². The van der Waals surface area contributed by atoms with Crippen molar-refractivity contribution < 1.29 is 4.79 Å². The van der Waals surface area contributed by atoms with E-state index in [4.69, 9.17) is 0 Å². The highest BCUT2D eigenvalue weighted by Gasteiger charge is 2.14. The van der Waals surface area contributed by atoms with Gasteiger partial charge in [0.05, 0.1) is 0 Å². The van der Waals surface area contributed by atoms with Crippen LogP contribution in [-0.4, -0.2) is 25.5 Å². The van der Waals surface area contributed by atoms with Crippen LogP contribution in [0.3, 0.4) is 0 Å². The van der Waals surface area contributed by atoms with Gasteiger partial charge in [-0.05, 0) is 49.7 Å². The molecule has 0 radical (unpaired) electrons. The third kappa shape index (κ3) is 3.61. The number of hydrogen-bond acceptors (Lipinski definition) is 5. The van der Waals surface area contributed by atoms with Crippen molar-refractivity contribution in [2.24, 2.45) is 0 Å². The number of carbonyl (C=O) groups is 1. The first kappa shape index (κ1) is 18.2. The molecule has 0 atom stereocenters. The SMILES string of the molecule is CCc1c(C)nc2ncnn2c1Sc1ccc(NC(=O)c2ccccc2)cc1. The number of fused-ring (bicyclic) bond motifs is 1. The average Bonchev–Trinajstić information content (AvgIpc) is 3.18. The third-order valence-corrected chi connectivity index (χ3v) is 5.52. The van der Waals surface area contributed by atoms with E-state index in [0.29, 0.717) is 11.3 Å². The lowest BCUT2D eigenvalue weighted by Gasteiger charge is -2.12. The predicted molar refractivity (Wildman–Crippen MR) is 110 cm³/mol. The quantitative estimate of drug-likeness (QED) is 0.512. The van der Waals surface area contributed by atoms with Crippen LogP contribution >= 0.6 is 11.8 Å². The van der Waals surface area contributed by atoms with Crippen molar-refractivity contribution in [1.29, 1.82) is 0 Å². The van der Waals surface area contributed by atoms with Gasteiger partial charge in [0.1, 0.15) is 11.4 Å². The molecule has 2 heterocycles. The zero-order valence-corrected chi connectivity index (χ0v) is 16.4. The van der Waals surface area contributed by atoms with E-state index in [0.717, 1.165) is 33.3 Å². The molecule has 0 bridgehead atoms. The Hall–Kier alpha value is -3.19. The minimum atomic E-state index is -0.122. The fourth-order valence-electron chi connectivity index (χ4n) is 2.98. The van der Waals surface area contributed by atoms with Gasteiger partial charge in [0.2, 0.25) is 0 Å². The van der Waals surface area contributed by atoms with Crippen LogP contribution in [0.2, 0.25) is 0 Å². The summed E-state index contributed by atoms with van der Waals surface area (Å²) in [5, 5.41) is 8.26. The van der Waals surface area contributed by atoms with Crippen LogP contribution in [0, 0.1) is 6.92 Å². The molecule has 0 aliphatic rings. The summed E-state index contributed by atoms with van der Waals surface area (Å²) in [6.45, 7) is 4.11. The summed E-state index contributed by atoms with van der Waals surface area (Å²) in [7, 11) is 0. The Morgan fingerprint density at radius 2 is 1.86 bits per heavy atom. The zero-order chi connectivity index (χ0) is 19.5. The second-order valence-electron chi connectivity index (χ2n) is 6.25. The van der Waals surface area contributed by atoms with Crippen molar-refractivity contribution in [3.05, 3.63) is 77.7 Å². The lowest BCUT2D eigenvalue weighted by atomic mass is 10.2. The van der Waals surface area contributed by atoms with Gasteiger partial charge in [-0.25, -0.2) is 4.98 Å². The van der Waals surface area contributed by atoms with Crippen LogP contribution in [-0.2, 0) is 6.42 Å². The van der Waals surface area contributed by atoms with Crippen LogP contribution < -0.4 is 5.32 Å². The van der Waals surface area contributed by atoms with Gasteiger partial charge in [-0.2, -0.15) is 14.6 Å². The van der Waals surface area contributed by atoms with Gasteiger partial charge >= 0.3 is 0 Å². The Labute approximate surface area is 167 Å². The number of rotatable bonds is 5. The number of aryl methyl sites for hydroxylation is 1. The number of nitrogens with zero attached hydrogens (tertiary/aromatic N) is 4. The molecule has 2 aromatic heterocycles. The Bertz CT molecular complexity index is 1120. The van der Waals surface area contributed by atoms with E-state index in [1.54, 1.807) is 28.4 Å². The average molecular weight is 389 g/mol. The highest BCUT2D eigenvalue weighted by molar-refractivity contribution is 7.99. The van der Waals surface area contributed by atoms with E-state index < -0.39 is 0 Å². The lowest BCUT2D eigenvalue weighted by molar-refractivity contribution is 0.102. The summed E-state index contributed by atoms with van der Waals surface area (Å²) in [6, 6.07) is 17.0. The predicted octanol–water partition coefficient (Wildman–Crippen LogP) is 4.40. The van der Waals surface area contributed by atoms with E-state index in [2.05, 4.69) is 27.3 Å². The van der Waals surface area contributed by atoms with Crippen LogP contribution in [0.15, 0.2) is 70.8 Å². The Kier molecular flexibility index (Phi) is 5.08. The molecule has 6 nitrogen and oxygen atoms in total. The van der Waals surface area contributed by atoms with Crippen LogP contribution in [0.4, 0.5) is 5.69 Å². The maximum atomic E-state index is 12.3.